The second-order valence-corrected chi connectivity index (χ2v) is 4.56. The first-order chi connectivity index (χ1) is 8.04. The zero-order valence-corrected chi connectivity index (χ0v) is 11.5. The van der Waals surface area contributed by atoms with Crippen molar-refractivity contribution in [2.75, 3.05) is 19.8 Å². The molecule has 0 radical (unpaired) electrons. The number of rotatable bonds is 10. The lowest BCUT2D eigenvalue weighted by atomic mass is 10.0. The first-order valence-corrected chi connectivity index (χ1v) is 6.58. The maximum atomic E-state index is 11.5. The third-order valence-electron chi connectivity index (χ3n) is 2.65. The van der Waals surface area contributed by atoms with Gasteiger partial charge in [0.25, 0.3) is 0 Å². The second kappa shape index (κ2) is 9.42. The Morgan fingerprint density at radius 3 is 2.47 bits per heavy atom. The van der Waals surface area contributed by atoms with E-state index in [2.05, 4.69) is 6.92 Å². The molecule has 0 amide bonds. The van der Waals surface area contributed by atoms with Crippen LogP contribution < -0.4 is 5.73 Å². The summed E-state index contributed by atoms with van der Waals surface area (Å²) in [6.45, 7) is 7.27. The van der Waals surface area contributed by atoms with Crippen molar-refractivity contribution in [3.05, 3.63) is 0 Å². The average Bonchev–Trinajstić information content (AvgIpc) is 2.28. The minimum atomic E-state index is -0.931. The molecule has 0 rings (SSSR count). The molecule has 1 unspecified atom stereocenters. The van der Waals surface area contributed by atoms with Gasteiger partial charge in [-0.25, -0.2) is 0 Å². The predicted octanol–water partition coefficient (Wildman–Crippen LogP) is 2.25. The summed E-state index contributed by atoms with van der Waals surface area (Å²) in [6, 6.07) is 0. The Bertz CT molecular complexity index is 205. The average molecular weight is 245 g/mol. The summed E-state index contributed by atoms with van der Waals surface area (Å²) < 4.78 is 10.4. The molecule has 0 saturated heterocycles. The maximum Gasteiger partial charge on any atom is 0.325 e. The monoisotopic (exact) mass is 245 g/mol. The van der Waals surface area contributed by atoms with Gasteiger partial charge in [-0.05, 0) is 26.7 Å². The standard InChI is InChI=1S/C13H27NO3/c1-4-6-7-8-10-16-11-9-13(3,14)12(15)17-5-2/h4-11,14H2,1-3H3. The molecule has 2 N–H and O–H groups in total. The molecule has 0 aliphatic rings. The fourth-order valence-electron chi connectivity index (χ4n) is 1.42. The SMILES string of the molecule is CCCCCCOCCC(C)(N)C(=O)OCC. The highest BCUT2D eigenvalue weighted by molar-refractivity contribution is 5.79. The third kappa shape index (κ3) is 8.16. The van der Waals surface area contributed by atoms with Crippen molar-refractivity contribution in [2.45, 2.75) is 58.4 Å². The molecule has 0 aromatic heterocycles. The van der Waals surface area contributed by atoms with Crippen LogP contribution in [-0.2, 0) is 14.3 Å². The van der Waals surface area contributed by atoms with E-state index in [1.54, 1.807) is 13.8 Å². The van der Waals surface area contributed by atoms with Crippen LogP contribution in [0.3, 0.4) is 0 Å². The Labute approximate surface area is 105 Å². The highest BCUT2D eigenvalue weighted by atomic mass is 16.5. The lowest BCUT2D eigenvalue weighted by Gasteiger charge is -2.21. The van der Waals surface area contributed by atoms with Gasteiger partial charge in [0.15, 0.2) is 0 Å². The van der Waals surface area contributed by atoms with Crippen molar-refractivity contribution in [1.29, 1.82) is 0 Å². The van der Waals surface area contributed by atoms with Crippen LogP contribution in [0.2, 0.25) is 0 Å². The van der Waals surface area contributed by atoms with Gasteiger partial charge >= 0.3 is 5.97 Å². The summed E-state index contributed by atoms with van der Waals surface area (Å²) in [5.74, 6) is -0.352. The van der Waals surface area contributed by atoms with E-state index in [0.717, 1.165) is 13.0 Å². The lowest BCUT2D eigenvalue weighted by Crippen LogP contribution is -2.47. The Hall–Kier alpha value is -0.610. The molecule has 4 heteroatoms. The summed E-state index contributed by atoms with van der Waals surface area (Å²) in [7, 11) is 0. The fraction of sp³-hybridized carbons (Fsp3) is 0.923. The van der Waals surface area contributed by atoms with E-state index in [1.807, 2.05) is 0 Å². The first kappa shape index (κ1) is 16.4. The zero-order valence-electron chi connectivity index (χ0n) is 11.5. The van der Waals surface area contributed by atoms with E-state index >= 15 is 0 Å². The quantitative estimate of drug-likeness (QED) is 0.473. The van der Waals surface area contributed by atoms with Gasteiger partial charge in [-0.2, -0.15) is 0 Å². The van der Waals surface area contributed by atoms with Gasteiger partial charge in [-0.3, -0.25) is 4.79 Å². The summed E-state index contributed by atoms with van der Waals surface area (Å²) in [5, 5.41) is 0. The van der Waals surface area contributed by atoms with Crippen molar-refractivity contribution in [3.63, 3.8) is 0 Å². The zero-order chi connectivity index (χ0) is 13.1. The van der Waals surface area contributed by atoms with Gasteiger partial charge in [-0.15, -0.1) is 0 Å². The van der Waals surface area contributed by atoms with Crippen molar-refractivity contribution < 1.29 is 14.3 Å². The molecule has 0 fully saturated rings. The molecule has 0 aliphatic carbocycles. The summed E-state index contributed by atoms with van der Waals surface area (Å²) in [6.07, 6.45) is 5.26. The third-order valence-corrected chi connectivity index (χ3v) is 2.65. The van der Waals surface area contributed by atoms with Crippen LogP contribution in [0.5, 0.6) is 0 Å². The summed E-state index contributed by atoms with van der Waals surface area (Å²) in [5.41, 5.74) is 4.92. The van der Waals surface area contributed by atoms with Gasteiger partial charge in [-0.1, -0.05) is 26.2 Å². The van der Waals surface area contributed by atoms with E-state index in [9.17, 15) is 4.79 Å². The van der Waals surface area contributed by atoms with Crippen LogP contribution in [0.25, 0.3) is 0 Å². The van der Waals surface area contributed by atoms with Crippen LogP contribution in [0, 0.1) is 0 Å². The number of carbonyl (C=O) groups excluding carboxylic acids is 1. The van der Waals surface area contributed by atoms with E-state index in [4.69, 9.17) is 15.2 Å². The molecule has 0 heterocycles. The largest absolute Gasteiger partial charge is 0.465 e. The molecule has 0 aromatic carbocycles. The number of hydrogen-bond donors (Lipinski definition) is 1. The molecule has 4 nitrogen and oxygen atoms in total. The van der Waals surface area contributed by atoms with Crippen LogP contribution in [0.15, 0.2) is 0 Å². The lowest BCUT2D eigenvalue weighted by molar-refractivity contribution is -0.149. The molecule has 0 saturated carbocycles. The van der Waals surface area contributed by atoms with Crippen molar-refractivity contribution in [1.82, 2.24) is 0 Å². The Morgan fingerprint density at radius 1 is 1.18 bits per heavy atom. The van der Waals surface area contributed by atoms with E-state index < -0.39 is 5.54 Å². The van der Waals surface area contributed by atoms with Crippen LogP contribution in [0.1, 0.15) is 52.9 Å². The maximum absolute atomic E-state index is 11.5. The number of carbonyl (C=O) groups is 1. The van der Waals surface area contributed by atoms with E-state index in [0.29, 0.717) is 19.6 Å². The predicted molar refractivity (Wildman–Crippen MR) is 68.8 cm³/mol. The topological polar surface area (TPSA) is 61.5 Å². The van der Waals surface area contributed by atoms with Gasteiger partial charge in [0.1, 0.15) is 5.54 Å². The molecule has 0 aromatic rings. The molecule has 0 bridgehead atoms. The minimum Gasteiger partial charge on any atom is -0.465 e. The highest BCUT2D eigenvalue weighted by Gasteiger charge is 2.29. The number of ether oxygens (including phenoxy) is 2. The second-order valence-electron chi connectivity index (χ2n) is 4.56. The molecule has 0 aliphatic heterocycles. The number of unbranched alkanes of at least 4 members (excludes halogenated alkanes) is 3. The Morgan fingerprint density at radius 2 is 1.88 bits per heavy atom. The number of hydrogen-bond acceptors (Lipinski definition) is 4. The molecular formula is C13H27NO3. The highest BCUT2D eigenvalue weighted by Crippen LogP contribution is 2.09. The van der Waals surface area contributed by atoms with E-state index in [1.165, 1.54) is 19.3 Å². The first-order valence-electron chi connectivity index (χ1n) is 6.58. The normalized spacial score (nSPS) is 14.4. The molecular weight excluding hydrogens is 218 g/mol. The molecule has 0 spiro atoms. The van der Waals surface area contributed by atoms with Gasteiger partial charge in [0.2, 0.25) is 0 Å². The van der Waals surface area contributed by atoms with Crippen molar-refractivity contribution >= 4 is 5.97 Å². The fourth-order valence-corrected chi connectivity index (χ4v) is 1.42. The minimum absolute atomic E-state index is 0.352. The van der Waals surface area contributed by atoms with Crippen LogP contribution in [0.4, 0.5) is 0 Å². The van der Waals surface area contributed by atoms with Gasteiger partial charge in [0.05, 0.1) is 6.61 Å². The van der Waals surface area contributed by atoms with E-state index in [-0.39, 0.29) is 5.97 Å². The van der Waals surface area contributed by atoms with Crippen LogP contribution in [-0.4, -0.2) is 31.3 Å². The van der Waals surface area contributed by atoms with Crippen molar-refractivity contribution in [2.24, 2.45) is 5.73 Å². The summed E-state index contributed by atoms with van der Waals surface area (Å²) >= 11 is 0. The van der Waals surface area contributed by atoms with Gasteiger partial charge < -0.3 is 15.2 Å². The number of nitrogens with two attached hydrogens (primary N) is 1. The Kier molecular flexibility index (Phi) is 9.09. The van der Waals surface area contributed by atoms with Crippen LogP contribution >= 0.6 is 0 Å². The summed E-state index contributed by atoms with van der Waals surface area (Å²) in [4.78, 5) is 11.5. The molecule has 1 atom stereocenters. The molecule has 17 heavy (non-hydrogen) atoms. The van der Waals surface area contributed by atoms with Crippen molar-refractivity contribution in [3.8, 4) is 0 Å². The van der Waals surface area contributed by atoms with Gasteiger partial charge in [0, 0.05) is 13.2 Å². The number of esters is 1. The Balaban J connectivity index is 3.55. The smallest absolute Gasteiger partial charge is 0.325 e. The molecule has 102 valence electrons.